The van der Waals surface area contributed by atoms with Crippen LogP contribution in [0.4, 0.5) is 29.5 Å². The number of hydrogen-bond acceptors (Lipinski definition) is 6. The van der Waals surface area contributed by atoms with Crippen LogP contribution >= 0.6 is 0 Å². The Kier molecular flexibility index (Phi) is 6.27. The summed E-state index contributed by atoms with van der Waals surface area (Å²) in [4.78, 5) is 31.1. The third kappa shape index (κ3) is 5.45. The van der Waals surface area contributed by atoms with E-state index in [1.54, 1.807) is 6.07 Å². The minimum Gasteiger partial charge on any atom is -0.406 e. The van der Waals surface area contributed by atoms with Gasteiger partial charge in [0.25, 0.3) is 5.91 Å². The SMILES string of the molecule is CN(C)S(=O)(=O)Nc1cc(CN2CC(=O)N(c3ccc(OC(F)(F)F)cc3)C2=O)ccn1. The molecule has 1 N–H and O–H groups in total. The van der Waals surface area contributed by atoms with E-state index in [0.717, 1.165) is 21.3 Å². The highest BCUT2D eigenvalue weighted by Crippen LogP contribution is 2.28. The van der Waals surface area contributed by atoms with Gasteiger partial charge < -0.3 is 9.64 Å². The third-order valence-electron chi connectivity index (χ3n) is 4.28. The molecule has 0 atom stereocenters. The van der Waals surface area contributed by atoms with Gasteiger partial charge in [0.2, 0.25) is 0 Å². The molecule has 0 unspecified atom stereocenters. The Morgan fingerprint density at radius 1 is 1.16 bits per heavy atom. The lowest BCUT2D eigenvalue weighted by molar-refractivity contribution is -0.274. The van der Waals surface area contributed by atoms with Gasteiger partial charge in [-0.25, -0.2) is 14.7 Å². The molecule has 14 heteroatoms. The van der Waals surface area contributed by atoms with Crippen LogP contribution in [0.1, 0.15) is 5.56 Å². The van der Waals surface area contributed by atoms with Crippen molar-refractivity contribution < 1.29 is 35.9 Å². The molecule has 2 aromatic rings. The van der Waals surface area contributed by atoms with Crippen molar-refractivity contribution in [2.45, 2.75) is 12.9 Å². The zero-order valence-electron chi connectivity index (χ0n) is 16.8. The lowest BCUT2D eigenvalue weighted by Crippen LogP contribution is -2.32. The fourth-order valence-electron chi connectivity index (χ4n) is 2.80. The monoisotopic (exact) mass is 473 g/mol. The topological polar surface area (TPSA) is 112 Å². The van der Waals surface area contributed by atoms with E-state index in [4.69, 9.17) is 0 Å². The number of hydrogen-bond donors (Lipinski definition) is 1. The highest BCUT2D eigenvalue weighted by atomic mass is 32.2. The van der Waals surface area contributed by atoms with Crippen LogP contribution in [-0.2, 0) is 21.5 Å². The van der Waals surface area contributed by atoms with Gasteiger partial charge >= 0.3 is 22.6 Å². The van der Waals surface area contributed by atoms with Gasteiger partial charge in [0, 0.05) is 26.8 Å². The second kappa shape index (κ2) is 8.63. The number of amides is 3. The summed E-state index contributed by atoms with van der Waals surface area (Å²) in [6.45, 7) is -0.281. The Hall–Kier alpha value is -3.39. The summed E-state index contributed by atoms with van der Waals surface area (Å²) in [5, 5.41) is 0. The molecule has 0 spiro atoms. The molecular formula is C18H18F3N5O5S. The normalized spacial score (nSPS) is 14.9. The van der Waals surface area contributed by atoms with Crippen molar-refractivity contribution in [3.63, 3.8) is 0 Å². The molecule has 0 radical (unpaired) electrons. The fourth-order valence-corrected chi connectivity index (χ4v) is 3.36. The quantitative estimate of drug-likeness (QED) is 0.617. The zero-order chi connectivity index (χ0) is 23.7. The van der Waals surface area contributed by atoms with Crippen LogP contribution in [0.25, 0.3) is 0 Å². The Morgan fingerprint density at radius 2 is 1.81 bits per heavy atom. The molecule has 1 aliphatic heterocycles. The second-order valence-electron chi connectivity index (χ2n) is 6.85. The van der Waals surface area contributed by atoms with Crippen molar-refractivity contribution in [1.82, 2.24) is 14.2 Å². The van der Waals surface area contributed by atoms with Gasteiger partial charge in [-0.2, -0.15) is 12.7 Å². The van der Waals surface area contributed by atoms with Crippen molar-refractivity contribution in [3.05, 3.63) is 48.2 Å². The Morgan fingerprint density at radius 3 is 2.41 bits per heavy atom. The molecule has 3 amide bonds. The van der Waals surface area contributed by atoms with E-state index in [0.29, 0.717) is 5.56 Å². The summed E-state index contributed by atoms with van der Waals surface area (Å²) in [7, 11) is -1.09. The molecule has 1 aromatic heterocycles. The predicted molar refractivity (Wildman–Crippen MR) is 107 cm³/mol. The number of carbonyl (C=O) groups is 2. The predicted octanol–water partition coefficient (Wildman–Crippen LogP) is 2.17. The van der Waals surface area contributed by atoms with E-state index in [9.17, 15) is 31.2 Å². The first kappa shape index (κ1) is 23.3. The van der Waals surface area contributed by atoms with Crippen molar-refractivity contribution in [2.24, 2.45) is 0 Å². The molecule has 1 fully saturated rings. The maximum absolute atomic E-state index is 12.7. The van der Waals surface area contributed by atoms with E-state index in [2.05, 4.69) is 14.4 Å². The number of benzene rings is 1. The first-order chi connectivity index (χ1) is 14.9. The lowest BCUT2D eigenvalue weighted by Gasteiger charge is -2.18. The van der Waals surface area contributed by atoms with Crippen LogP contribution in [-0.4, -0.2) is 61.5 Å². The molecule has 2 heterocycles. The number of urea groups is 1. The minimum atomic E-state index is -4.86. The van der Waals surface area contributed by atoms with Crippen molar-refractivity contribution >= 4 is 33.7 Å². The standard InChI is InChI=1S/C18H18F3N5O5S/c1-24(2)32(29,30)23-15-9-12(7-8-22-15)10-25-11-16(27)26(17(25)28)13-3-5-14(6-4-13)31-18(19,20)21/h3-9H,10-11H2,1-2H3,(H,22,23). The summed E-state index contributed by atoms with van der Waals surface area (Å²) in [6, 6.07) is 6.63. The molecule has 0 bridgehead atoms. The van der Waals surface area contributed by atoms with Crippen molar-refractivity contribution in [1.29, 1.82) is 0 Å². The maximum atomic E-state index is 12.7. The summed E-state index contributed by atoms with van der Waals surface area (Å²) in [5.74, 6) is -1.02. The number of anilines is 2. The minimum absolute atomic E-state index is 0.0183. The average Bonchev–Trinajstić information content (AvgIpc) is 2.94. The summed E-state index contributed by atoms with van der Waals surface area (Å²) in [6.07, 6.45) is -3.51. The Labute approximate surface area is 181 Å². The van der Waals surface area contributed by atoms with Crippen LogP contribution in [0.15, 0.2) is 42.6 Å². The largest absolute Gasteiger partial charge is 0.573 e. The second-order valence-corrected chi connectivity index (χ2v) is 8.73. The molecule has 10 nitrogen and oxygen atoms in total. The molecule has 1 saturated heterocycles. The Bertz CT molecular complexity index is 1120. The first-order valence-electron chi connectivity index (χ1n) is 8.98. The number of ether oxygens (including phenoxy) is 1. The van der Waals surface area contributed by atoms with Gasteiger partial charge in [-0.05, 0) is 42.0 Å². The number of halogens is 3. The fraction of sp³-hybridized carbons (Fsp3) is 0.278. The molecular weight excluding hydrogens is 455 g/mol. The number of carbonyl (C=O) groups excluding carboxylic acids is 2. The Balaban J connectivity index is 1.72. The number of nitrogens with zero attached hydrogens (tertiary/aromatic N) is 4. The highest BCUT2D eigenvalue weighted by Gasteiger charge is 2.37. The first-order valence-corrected chi connectivity index (χ1v) is 10.4. The molecule has 3 rings (SSSR count). The van der Waals surface area contributed by atoms with Crippen LogP contribution in [0.2, 0.25) is 0 Å². The molecule has 0 aliphatic carbocycles. The van der Waals surface area contributed by atoms with Gasteiger partial charge in [-0.3, -0.25) is 9.52 Å². The maximum Gasteiger partial charge on any atom is 0.573 e. The molecule has 1 aromatic carbocycles. The van der Waals surface area contributed by atoms with Gasteiger partial charge in [-0.1, -0.05) is 0 Å². The number of pyridine rings is 1. The van der Waals surface area contributed by atoms with Gasteiger partial charge in [-0.15, -0.1) is 13.2 Å². The van der Waals surface area contributed by atoms with Crippen molar-refractivity contribution in [3.8, 4) is 5.75 Å². The molecule has 172 valence electrons. The molecule has 32 heavy (non-hydrogen) atoms. The van der Waals surface area contributed by atoms with E-state index in [1.807, 2.05) is 0 Å². The number of alkyl halides is 3. The zero-order valence-corrected chi connectivity index (χ0v) is 17.6. The van der Waals surface area contributed by atoms with E-state index in [1.165, 1.54) is 43.4 Å². The average molecular weight is 473 g/mol. The number of aromatic nitrogens is 1. The van der Waals surface area contributed by atoms with Gasteiger partial charge in [0.1, 0.15) is 18.1 Å². The van der Waals surface area contributed by atoms with E-state index < -0.39 is 34.3 Å². The lowest BCUT2D eigenvalue weighted by atomic mass is 10.2. The van der Waals surface area contributed by atoms with Crippen LogP contribution in [0, 0.1) is 0 Å². The van der Waals surface area contributed by atoms with Gasteiger partial charge in [0.15, 0.2) is 0 Å². The summed E-state index contributed by atoms with van der Waals surface area (Å²) < 4.78 is 67.8. The van der Waals surface area contributed by atoms with E-state index >= 15 is 0 Å². The van der Waals surface area contributed by atoms with Crippen molar-refractivity contribution in [2.75, 3.05) is 30.3 Å². The van der Waals surface area contributed by atoms with E-state index in [-0.39, 0.29) is 24.6 Å². The summed E-state index contributed by atoms with van der Waals surface area (Å²) in [5.41, 5.74) is 0.597. The molecule has 1 aliphatic rings. The van der Waals surface area contributed by atoms with Gasteiger partial charge in [0.05, 0.1) is 5.69 Å². The summed E-state index contributed by atoms with van der Waals surface area (Å²) >= 11 is 0. The van der Waals surface area contributed by atoms with Crippen LogP contribution in [0.3, 0.4) is 0 Å². The number of rotatable bonds is 7. The number of nitrogens with one attached hydrogen (secondary N) is 1. The smallest absolute Gasteiger partial charge is 0.406 e. The molecule has 0 saturated carbocycles. The van der Waals surface area contributed by atoms with Crippen LogP contribution in [0.5, 0.6) is 5.75 Å². The third-order valence-corrected chi connectivity index (χ3v) is 5.71. The highest BCUT2D eigenvalue weighted by molar-refractivity contribution is 7.90. The number of imide groups is 1. The van der Waals surface area contributed by atoms with Crippen LogP contribution < -0.4 is 14.4 Å².